The molecular formula is C18H27NO4. The molecule has 0 saturated heterocycles. The van der Waals surface area contributed by atoms with Crippen molar-refractivity contribution in [2.45, 2.75) is 65.2 Å². The molecule has 1 aromatic rings. The number of hydrogen-bond donors (Lipinski definition) is 1. The molecular weight excluding hydrogens is 294 g/mol. The number of ether oxygens (including phenoxy) is 2. The first-order valence-electron chi connectivity index (χ1n) is 7.71. The lowest BCUT2D eigenvalue weighted by Gasteiger charge is -2.22. The maximum atomic E-state index is 11.7. The molecule has 0 aliphatic rings. The number of alkyl carbamates (subject to hydrolysis) is 1. The number of benzene rings is 1. The summed E-state index contributed by atoms with van der Waals surface area (Å²) >= 11 is 0. The second-order valence-corrected chi connectivity index (χ2v) is 7.45. The molecule has 128 valence electrons. The molecule has 0 aromatic heterocycles. The minimum Gasteiger partial charge on any atom is -0.488 e. The number of carbonyl (C=O) groups is 2. The summed E-state index contributed by atoms with van der Waals surface area (Å²) in [6, 6.07) is 6.85. The van der Waals surface area contributed by atoms with Crippen LogP contribution in [0.5, 0.6) is 5.75 Å². The van der Waals surface area contributed by atoms with Crippen molar-refractivity contribution >= 4 is 12.4 Å². The normalized spacial score (nSPS) is 13.1. The fourth-order valence-corrected chi connectivity index (χ4v) is 1.89. The highest BCUT2D eigenvalue weighted by Gasteiger charge is 2.19. The van der Waals surface area contributed by atoms with E-state index >= 15 is 0 Å². The standard InChI is InChI=1S/C18H27NO4/c1-17(2,3)22-15-9-7-13(8-10-15)11-14(12-20)19-16(21)23-18(4,5)6/h7-10,12,14H,11H2,1-6H3,(H,19,21)/t14-/m0/s1. The van der Waals surface area contributed by atoms with Gasteiger partial charge in [0, 0.05) is 0 Å². The van der Waals surface area contributed by atoms with E-state index in [1.165, 1.54) is 0 Å². The Kier molecular flexibility index (Phi) is 6.19. The molecule has 0 aliphatic carbocycles. The van der Waals surface area contributed by atoms with E-state index in [2.05, 4.69) is 5.32 Å². The van der Waals surface area contributed by atoms with E-state index < -0.39 is 17.7 Å². The van der Waals surface area contributed by atoms with Gasteiger partial charge < -0.3 is 19.6 Å². The monoisotopic (exact) mass is 321 g/mol. The van der Waals surface area contributed by atoms with Gasteiger partial charge in [0.05, 0.1) is 6.04 Å². The molecule has 1 atom stereocenters. The van der Waals surface area contributed by atoms with Crippen molar-refractivity contribution < 1.29 is 19.1 Å². The summed E-state index contributed by atoms with van der Waals surface area (Å²) in [4.78, 5) is 22.9. The van der Waals surface area contributed by atoms with Crippen LogP contribution in [0, 0.1) is 0 Å². The zero-order valence-corrected chi connectivity index (χ0v) is 14.8. The molecule has 1 N–H and O–H groups in total. The Hall–Kier alpha value is -2.04. The first-order chi connectivity index (χ1) is 10.5. The Bertz CT molecular complexity index is 523. The SMILES string of the molecule is CC(C)(C)OC(=O)N[C@H](C=O)Cc1ccc(OC(C)(C)C)cc1. The minimum atomic E-state index is -0.626. The summed E-state index contributed by atoms with van der Waals surface area (Å²) in [6.07, 6.45) is 0.518. The number of aldehydes is 1. The largest absolute Gasteiger partial charge is 0.488 e. The molecule has 0 saturated carbocycles. The van der Waals surface area contributed by atoms with E-state index in [1.807, 2.05) is 45.0 Å². The van der Waals surface area contributed by atoms with Gasteiger partial charge in [-0.15, -0.1) is 0 Å². The Morgan fingerprint density at radius 3 is 2.09 bits per heavy atom. The van der Waals surface area contributed by atoms with Crippen LogP contribution in [0.4, 0.5) is 4.79 Å². The molecule has 1 amide bonds. The lowest BCUT2D eigenvalue weighted by molar-refractivity contribution is -0.109. The van der Waals surface area contributed by atoms with E-state index in [1.54, 1.807) is 20.8 Å². The number of hydrogen-bond acceptors (Lipinski definition) is 4. The van der Waals surface area contributed by atoms with Crippen molar-refractivity contribution in [1.29, 1.82) is 0 Å². The molecule has 0 aliphatic heterocycles. The van der Waals surface area contributed by atoms with E-state index in [4.69, 9.17) is 9.47 Å². The number of rotatable bonds is 5. The molecule has 1 aromatic carbocycles. The van der Waals surface area contributed by atoms with Crippen molar-refractivity contribution in [1.82, 2.24) is 5.32 Å². The molecule has 0 unspecified atom stereocenters. The number of carbonyl (C=O) groups excluding carboxylic acids is 2. The van der Waals surface area contributed by atoms with Crippen LogP contribution >= 0.6 is 0 Å². The summed E-state index contributed by atoms with van der Waals surface area (Å²) in [7, 11) is 0. The van der Waals surface area contributed by atoms with Crippen LogP contribution in [-0.2, 0) is 16.0 Å². The van der Waals surface area contributed by atoms with Crippen molar-refractivity contribution in [2.75, 3.05) is 0 Å². The van der Waals surface area contributed by atoms with Crippen LogP contribution in [0.3, 0.4) is 0 Å². The van der Waals surface area contributed by atoms with Gasteiger partial charge in [0.25, 0.3) is 0 Å². The summed E-state index contributed by atoms with van der Waals surface area (Å²) in [6.45, 7) is 11.3. The molecule has 5 heteroatoms. The highest BCUT2D eigenvalue weighted by molar-refractivity contribution is 5.73. The smallest absolute Gasteiger partial charge is 0.408 e. The molecule has 5 nitrogen and oxygen atoms in total. The van der Waals surface area contributed by atoms with E-state index in [9.17, 15) is 9.59 Å². The van der Waals surface area contributed by atoms with Gasteiger partial charge in [-0.05, 0) is 65.7 Å². The van der Waals surface area contributed by atoms with Gasteiger partial charge >= 0.3 is 6.09 Å². The molecule has 0 radical (unpaired) electrons. The second kappa shape index (κ2) is 7.49. The van der Waals surface area contributed by atoms with E-state index in [-0.39, 0.29) is 5.60 Å². The zero-order chi connectivity index (χ0) is 17.7. The first kappa shape index (κ1) is 19.0. The summed E-state index contributed by atoms with van der Waals surface area (Å²) < 4.78 is 10.9. The van der Waals surface area contributed by atoms with Crippen molar-refractivity contribution in [3.05, 3.63) is 29.8 Å². The van der Waals surface area contributed by atoms with Crippen molar-refractivity contribution in [3.8, 4) is 5.75 Å². The second-order valence-electron chi connectivity index (χ2n) is 7.45. The summed E-state index contributed by atoms with van der Waals surface area (Å²) in [5.74, 6) is 0.768. The van der Waals surface area contributed by atoms with Gasteiger partial charge in [-0.1, -0.05) is 12.1 Å². The third-order valence-corrected chi connectivity index (χ3v) is 2.67. The molecule has 23 heavy (non-hydrogen) atoms. The van der Waals surface area contributed by atoms with Crippen LogP contribution < -0.4 is 10.1 Å². The van der Waals surface area contributed by atoms with Gasteiger partial charge in [-0.3, -0.25) is 0 Å². The van der Waals surface area contributed by atoms with Crippen LogP contribution in [0.25, 0.3) is 0 Å². The first-order valence-corrected chi connectivity index (χ1v) is 7.71. The highest BCUT2D eigenvalue weighted by atomic mass is 16.6. The van der Waals surface area contributed by atoms with Gasteiger partial charge in [0.1, 0.15) is 23.2 Å². The summed E-state index contributed by atoms with van der Waals surface area (Å²) in [5, 5.41) is 2.56. The Balaban J connectivity index is 2.62. The maximum absolute atomic E-state index is 11.7. The molecule has 0 bridgehead atoms. The van der Waals surface area contributed by atoms with Gasteiger partial charge in [-0.2, -0.15) is 0 Å². The quantitative estimate of drug-likeness (QED) is 0.843. The van der Waals surface area contributed by atoms with Crippen molar-refractivity contribution in [2.24, 2.45) is 0 Å². The molecule has 0 fully saturated rings. The fraction of sp³-hybridized carbons (Fsp3) is 0.556. The third-order valence-electron chi connectivity index (χ3n) is 2.67. The average Bonchev–Trinajstić information content (AvgIpc) is 2.36. The predicted octanol–water partition coefficient (Wildman–Crippen LogP) is 3.50. The fourth-order valence-electron chi connectivity index (χ4n) is 1.89. The van der Waals surface area contributed by atoms with Crippen LogP contribution in [0.15, 0.2) is 24.3 Å². The van der Waals surface area contributed by atoms with E-state index in [0.717, 1.165) is 11.3 Å². The van der Waals surface area contributed by atoms with Crippen LogP contribution in [0.1, 0.15) is 47.1 Å². The van der Waals surface area contributed by atoms with Gasteiger partial charge in [0.2, 0.25) is 0 Å². The molecule has 1 rings (SSSR count). The molecule has 0 heterocycles. The Morgan fingerprint density at radius 1 is 1.09 bits per heavy atom. The lowest BCUT2D eigenvalue weighted by Crippen LogP contribution is -2.41. The van der Waals surface area contributed by atoms with Gasteiger partial charge in [0.15, 0.2) is 0 Å². The van der Waals surface area contributed by atoms with Crippen molar-refractivity contribution in [3.63, 3.8) is 0 Å². The number of amides is 1. The Labute approximate surface area is 138 Å². The topological polar surface area (TPSA) is 64.6 Å². The Morgan fingerprint density at radius 2 is 1.65 bits per heavy atom. The van der Waals surface area contributed by atoms with Crippen LogP contribution in [0.2, 0.25) is 0 Å². The highest BCUT2D eigenvalue weighted by Crippen LogP contribution is 2.19. The third kappa shape index (κ3) is 8.24. The number of nitrogens with one attached hydrogen (secondary N) is 1. The maximum Gasteiger partial charge on any atom is 0.408 e. The molecule has 0 spiro atoms. The van der Waals surface area contributed by atoms with E-state index in [0.29, 0.717) is 12.7 Å². The predicted molar refractivity (Wildman–Crippen MR) is 89.7 cm³/mol. The van der Waals surface area contributed by atoms with Gasteiger partial charge in [-0.25, -0.2) is 4.79 Å². The minimum absolute atomic E-state index is 0.259. The van der Waals surface area contributed by atoms with Crippen LogP contribution in [-0.4, -0.2) is 29.6 Å². The average molecular weight is 321 g/mol. The lowest BCUT2D eigenvalue weighted by atomic mass is 10.1. The zero-order valence-electron chi connectivity index (χ0n) is 14.8. The summed E-state index contributed by atoms with van der Waals surface area (Å²) in [5.41, 5.74) is 0.0774.